The summed E-state index contributed by atoms with van der Waals surface area (Å²) < 4.78 is 14.3. The Morgan fingerprint density at radius 2 is 0.763 bits per heavy atom. The largest absolute Gasteiger partial charge is 0.464 e. The van der Waals surface area contributed by atoms with Gasteiger partial charge in [-0.1, -0.05) is 91.0 Å². The molecule has 0 aliphatic carbocycles. The molecule has 7 heterocycles. The Bertz CT molecular complexity index is 5170. The fourth-order valence-electron chi connectivity index (χ4n) is 12.7. The van der Waals surface area contributed by atoms with E-state index in [9.17, 15) is 43.2 Å². The minimum Gasteiger partial charge on any atom is -0.464 e. The average Bonchev–Trinajstić information content (AvgIpc) is 1.63. The summed E-state index contributed by atoms with van der Waals surface area (Å²) in [5.74, 6) is -1.65. The maximum atomic E-state index is 13.2. The molecule has 6 aromatic carbocycles. The quantitative estimate of drug-likeness (QED) is 0.0197. The van der Waals surface area contributed by atoms with Crippen molar-refractivity contribution < 1.29 is 57.4 Å². The van der Waals surface area contributed by atoms with E-state index in [1.165, 1.54) is 33.5 Å². The van der Waals surface area contributed by atoms with E-state index in [1.807, 2.05) is 195 Å². The molecule has 6 amide bonds. The van der Waals surface area contributed by atoms with Crippen LogP contribution in [0.3, 0.4) is 0 Å². The standard InChI is InChI=1S/C30H32N6O4.2C28H29N5O4/c1-34-15-17-36(18-16-34)19-25(37)35(2)22-11-9-21(10-12-22)31-27(20-7-5-4-6-8-20)26-23-13-14-24(30(39)40-3)32-28(23)33-29(26)38;1-32(2)23(34)16-17-33(3)20-12-10-19(11-13-20)29-25(18-8-6-5-7-9-18)24-21-14-15-22(28(36)37-4)30-26(21)31-27(24)35;1-5-32(2)23(34)17-33(3)20-13-11-19(12-14-20)29-25(18-9-7-6-8-10-18)24-21-15-16-22(28(36)37-4)30-26(21)31-27(24)35/h4-14,31H,15-19H2,1-3H3,(H,32,33,38);5-15,29H,16-17H2,1-4H3,(H,30,31,35);6-16,29H,5,17H2,1-4H3,(H,30,31,35)/b27-26-;2*25-24-. The Morgan fingerprint density at radius 3 is 1.10 bits per heavy atom. The molecule has 3 aromatic heterocycles. The van der Waals surface area contributed by atoms with E-state index in [4.69, 9.17) is 14.2 Å². The number of hydrogen-bond donors (Lipinski definition) is 6. The van der Waals surface area contributed by atoms with Gasteiger partial charge in [-0.05, 0) is 140 Å². The highest BCUT2D eigenvalue weighted by Gasteiger charge is 2.35. The number of nitrogens with one attached hydrogen (secondary N) is 6. The van der Waals surface area contributed by atoms with Crippen LogP contribution in [0.25, 0.3) is 33.8 Å². The highest BCUT2D eigenvalue weighted by atomic mass is 16.5. The molecule has 0 atom stereocenters. The van der Waals surface area contributed by atoms with E-state index >= 15 is 0 Å². The molecule has 1 fully saturated rings. The van der Waals surface area contributed by atoms with Crippen LogP contribution in [0.2, 0.25) is 0 Å². The molecular weight excluding hydrogens is 1450 g/mol. The maximum absolute atomic E-state index is 13.2. The summed E-state index contributed by atoms with van der Waals surface area (Å²) in [5, 5.41) is 18.5. The second-order valence-corrected chi connectivity index (χ2v) is 27.2. The summed E-state index contributed by atoms with van der Waals surface area (Å²) in [7, 11) is 16.8. The van der Waals surface area contributed by atoms with Gasteiger partial charge in [0.2, 0.25) is 17.7 Å². The minimum atomic E-state index is -0.581. The molecule has 13 rings (SSSR count). The van der Waals surface area contributed by atoms with Crippen LogP contribution in [-0.4, -0.2) is 211 Å². The lowest BCUT2D eigenvalue weighted by Crippen LogP contribution is -2.48. The number of pyridine rings is 3. The third-order valence-electron chi connectivity index (χ3n) is 19.4. The molecule has 1 saturated heterocycles. The second kappa shape index (κ2) is 37.2. The number of nitrogens with zero attached hydrogens (tertiary/aromatic N) is 10. The number of ether oxygens (including phenoxy) is 3. The van der Waals surface area contributed by atoms with Gasteiger partial charge in [-0.15, -0.1) is 0 Å². The molecule has 0 saturated carbocycles. The van der Waals surface area contributed by atoms with Gasteiger partial charge in [0.15, 0.2) is 17.1 Å². The predicted octanol–water partition coefficient (Wildman–Crippen LogP) is 10.4. The highest BCUT2D eigenvalue weighted by molar-refractivity contribution is 6.39. The van der Waals surface area contributed by atoms with Gasteiger partial charge < -0.3 is 75.5 Å². The molecule has 6 N–H and O–H groups in total. The molecule has 0 unspecified atom stereocenters. The molecule has 586 valence electrons. The Kier molecular flexibility index (Phi) is 26.5. The first-order valence-electron chi connectivity index (χ1n) is 36.7. The van der Waals surface area contributed by atoms with E-state index in [1.54, 1.807) is 67.2 Å². The highest BCUT2D eigenvalue weighted by Crippen LogP contribution is 2.41. The first-order chi connectivity index (χ1) is 54.9. The lowest BCUT2D eigenvalue weighted by molar-refractivity contribution is -0.129. The minimum absolute atomic E-state index is 0.0374. The van der Waals surface area contributed by atoms with Crippen LogP contribution >= 0.6 is 0 Å². The fourth-order valence-corrected chi connectivity index (χ4v) is 12.7. The van der Waals surface area contributed by atoms with Crippen LogP contribution in [0.5, 0.6) is 0 Å². The van der Waals surface area contributed by atoms with E-state index in [-0.39, 0.29) is 59.1 Å². The van der Waals surface area contributed by atoms with Gasteiger partial charge in [-0.2, -0.15) is 0 Å². The summed E-state index contributed by atoms with van der Waals surface area (Å²) in [4.78, 5) is 138. The van der Waals surface area contributed by atoms with Crippen molar-refractivity contribution in [2.75, 3.05) is 170 Å². The number of aromatic nitrogens is 3. The lowest BCUT2D eigenvalue weighted by Gasteiger charge is -2.32. The third kappa shape index (κ3) is 19.5. The summed E-state index contributed by atoms with van der Waals surface area (Å²) in [6.07, 6.45) is 0.425. The molecule has 114 heavy (non-hydrogen) atoms. The average molecular weight is 1540 g/mol. The van der Waals surface area contributed by atoms with Gasteiger partial charge in [0.25, 0.3) is 17.7 Å². The topological polar surface area (TPSA) is 315 Å². The summed E-state index contributed by atoms with van der Waals surface area (Å²) in [6.45, 7) is 7.53. The van der Waals surface area contributed by atoms with Crippen molar-refractivity contribution in [3.05, 3.63) is 251 Å². The number of piperazine rings is 1. The second-order valence-electron chi connectivity index (χ2n) is 27.2. The van der Waals surface area contributed by atoms with Crippen molar-refractivity contribution in [3.8, 4) is 0 Å². The normalized spacial score (nSPS) is 14.5. The molecule has 28 heteroatoms. The Morgan fingerprint density at radius 1 is 0.421 bits per heavy atom. The molecule has 0 bridgehead atoms. The lowest BCUT2D eigenvalue weighted by atomic mass is 10.0. The van der Waals surface area contributed by atoms with Crippen molar-refractivity contribution in [2.24, 2.45) is 0 Å². The zero-order valence-corrected chi connectivity index (χ0v) is 65.3. The monoisotopic (exact) mass is 1540 g/mol. The van der Waals surface area contributed by atoms with Gasteiger partial charge in [-0.25, -0.2) is 29.3 Å². The van der Waals surface area contributed by atoms with Crippen molar-refractivity contribution in [1.29, 1.82) is 0 Å². The number of esters is 3. The zero-order valence-electron chi connectivity index (χ0n) is 65.3. The van der Waals surface area contributed by atoms with Gasteiger partial charge in [0, 0.05) is 139 Å². The van der Waals surface area contributed by atoms with Gasteiger partial charge in [-0.3, -0.25) is 33.7 Å². The van der Waals surface area contributed by atoms with Crippen LogP contribution in [-0.2, 0) is 43.0 Å². The van der Waals surface area contributed by atoms with E-state index in [0.717, 1.165) is 77.0 Å². The van der Waals surface area contributed by atoms with Crippen LogP contribution in [0.4, 0.5) is 51.6 Å². The molecule has 9 aromatic rings. The van der Waals surface area contributed by atoms with Crippen molar-refractivity contribution in [3.63, 3.8) is 0 Å². The first-order valence-corrected chi connectivity index (χ1v) is 36.7. The number of methoxy groups -OCH3 is 3. The number of hydrogen-bond acceptors (Lipinski definition) is 22. The summed E-state index contributed by atoms with van der Waals surface area (Å²) in [6, 6.07) is 61.2. The molecule has 4 aliphatic heterocycles. The molecule has 0 radical (unpaired) electrons. The van der Waals surface area contributed by atoms with Crippen LogP contribution in [0.15, 0.2) is 200 Å². The zero-order chi connectivity index (χ0) is 81.3. The Hall–Kier alpha value is -13.9. The number of likely N-dealkylation sites (N-methyl/N-ethyl adjacent to an activating group) is 4. The van der Waals surface area contributed by atoms with Gasteiger partial charge in [0.05, 0.1) is 68.2 Å². The maximum Gasteiger partial charge on any atom is 0.356 e. The van der Waals surface area contributed by atoms with Crippen molar-refractivity contribution >= 4 is 139 Å². The number of benzene rings is 6. The number of anilines is 9. The van der Waals surface area contributed by atoms with E-state index in [2.05, 4.69) is 63.7 Å². The van der Waals surface area contributed by atoms with E-state index in [0.29, 0.717) is 94.0 Å². The Labute approximate surface area is 661 Å². The van der Waals surface area contributed by atoms with Crippen molar-refractivity contribution in [1.82, 2.24) is 34.6 Å². The predicted molar refractivity (Wildman–Crippen MR) is 443 cm³/mol. The van der Waals surface area contributed by atoms with Crippen molar-refractivity contribution in [2.45, 2.75) is 13.3 Å². The smallest absolute Gasteiger partial charge is 0.356 e. The number of rotatable bonds is 23. The number of fused-ring (bicyclic) bond motifs is 3. The molecular formula is C86H90N16O12. The SMILES string of the molecule is CCN(C)C(=O)CN(C)c1ccc(N/C(=C2\C(=O)Nc3nc(C(=O)OC)ccc32)c2ccccc2)cc1.COC(=O)c1ccc2c(n1)NC(=O)/C2=C(\Nc1ccc(N(C)C(=O)CN2CCN(C)CC2)cc1)c1ccccc1.COC(=O)c1ccc2c(n1)NC(=O)/C2=C(\Nc1ccc(N(C)CCC(=O)N(C)C)cc1)c1ccccc1. The Balaban J connectivity index is 0.000000169. The fraction of sp³-hybridized carbons (Fsp3) is 0.233. The summed E-state index contributed by atoms with van der Waals surface area (Å²) >= 11 is 0. The van der Waals surface area contributed by atoms with Crippen LogP contribution in [0, 0.1) is 0 Å². The van der Waals surface area contributed by atoms with Gasteiger partial charge in [0.1, 0.15) is 17.5 Å². The molecule has 28 nitrogen and oxygen atoms in total. The molecule has 0 spiro atoms. The molecule has 4 aliphatic rings. The number of carbonyl (C=O) groups excluding carboxylic acids is 9. The first kappa shape index (κ1) is 81.1. The van der Waals surface area contributed by atoms with Crippen LogP contribution in [0.1, 0.15) is 78.2 Å². The number of carbonyl (C=O) groups is 9. The van der Waals surface area contributed by atoms with Gasteiger partial charge >= 0.3 is 17.9 Å². The third-order valence-corrected chi connectivity index (χ3v) is 19.4. The summed E-state index contributed by atoms with van der Waals surface area (Å²) in [5.41, 5.74) is 12.5. The number of amides is 6. The van der Waals surface area contributed by atoms with Crippen LogP contribution < -0.4 is 46.6 Å². The van der Waals surface area contributed by atoms with E-state index < -0.39 is 17.9 Å².